The lowest BCUT2D eigenvalue weighted by Crippen LogP contribution is -2.38. The van der Waals surface area contributed by atoms with Crippen LogP contribution in [0.5, 0.6) is 0 Å². The average molecular weight is 235 g/mol. The van der Waals surface area contributed by atoms with Gasteiger partial charge in [-0.25, -0.2) is 4.79 Å². The summed E-state index contributed by atoms with van der Waals surface area (Å²) in [6.45, 7) is 2.02. The number of carboxylic acid groups (broad SMARTS) is 1. The Kier molecular flexibility index (Phi) is 3.07. The molecule has 2 rings (SSSR count). The van der Waals surface area contributed by atoms with Crippen molar-refractivity contribution in [3.05, 3.63) is 35.9 Å². The lowest BCUT2D eigenvalue weighted by molar-refractivity contribution is 0.0492. The van der Waals surface area contributed by atoms with Crippen LogP contribution in [0.1, 0.15) is 18.9 Å². The van der Waals surface area contributed by atoms with Gasteiger partial charge < -0.3 is 15.1 Å². The topological polar surface area (TPSA) is 60.8 Å². The van der Waals surface area contributed by atoms with E-state index in [1.54, 1.807) is 0 Å². The van der Waals surface area contributed by atoms with E-state index in [-0.39, 0.29) is 12.6 Å². The van der Waals surface area contributed by atoms with Crippen LogP contribution in [0.25, 0.3) is 0 Å². The van der Waals surface area contributed by atoms with Gasteiger partial charge in [0.2, 0.25) is 0 Å². The minimum atomic E-state index is -0.957. The molecule has 4 nitrogen and oxygen atoms in total. The van der Waals surface area contributed by atoms with Crippen LogP contribution < -0.4 is 0 Å². The summed E-state index contributed by atoms with van der Waals surface area (Å²) in [6.07, 6.45) is 0.0392. The first kappa shape index (κ1) is 11.9. The predicted molar refractivity (Wildman–Crippen MR) is 63.9 cm³/mol. The minimum absolute atomic E-state index is 0.124. The summed E-state index contributed by atoms with van der Waals surface area (Å²) in [5, 5.41) is 19.4. The molecule has 0 aromatic heterocycles. The first-order chi connectivity index (χ1) is 8.00. The molecule has 1 saturated heterocycles. The summed E-state index contributed by atoms with van der Waals surface area (Å²) >= 11 is 0. The Bertz CT molecular complexity index is 406. The monoisotopic (exact) mass is 235 g/mol. The molecule has 0 saturated carbocycles. The molecule has 1 fully saturated rings. The fourth-order valence-corrected chi connectivity index (χ4v) is 2.56. The highest BCUT2D eigenvalue weighted by molar-refractivity contribution is 5.66. The van der Waals surface area contributed by atoms with Gasteiger partial charge in [0.1, 0.15) is 0 Å². The molecule has 17 heavy (non-hydrogen) atoms. The molecule has 1 aromatic rings. The van der Waals surface area contributed by atoms with Crippen molar-refractivity contribution in [3.8, 4) is 0 Å². The van der Waals surface area contributed by atoms with E-state index < -0.39 is 11.7 Å². The van der Waals surface area contributed by atoms with E-state index in [0.29, 0.717) is 12.8 Å². The quantitative estimate of drug-likeness (QED) is 0.820. The normalized spacial score (nSPS) is 28.4. The van der Waals surface area contributed by atoms with Gasteiger partial charge in [-0.3, -0.25) is 0 Å². The summed E-state index contributed by atoms with van der Waals surface area (Å²) < 4.78 is 0. The number of β-amino-alcohol motifs (C(OH)–C–C–N with tert-alkyl or cyclic N) is 1. The summed E-state index contributed by atoms with van der Waals surface area (Å²) in [4.78, 5) is 12.3. The molecule has 2 N–H and O–H groups in total. The van der Waals surface area contributed by atoms with E-state index in [1.165, 1.54) is 4.90 Å². The van der Waals surface area contributed by atoms with E-state index >= 15 is 0 Å². The summed E-state index contributed by atoms with van der Waals surface area (Å²) in [5.74, 6) is 0. The largest absolute Gasteiger partial charge is 0.465 e. The van der Waals surface area contributed by atoms with Gasteiger partial charge in [-0.15, -0.1) is 0 Å². The fraction of sp³-hybridized carbons (Fsp3) is 0.462. The van der Waals surface area contributed by atoms with Crippen LogP contribution in [-0.2, 0) is 6.42 Å². The lowest BCUT2D eigenvalue weighted by atomic mass is 9.92. The lowest BCUT2D eigenvalue weighted by Gasteiger charge is -2.22. The second kappa shape index (κ2) is 4.37. The van der Waals surface area contributed by atoms with Gasteiger partial charge in [0.25, 0.3) is 0 Å². The first-order valence-corrected chi connectivity index (χ1v) is 5.76. The van der Waals surface area contributed by atoms with Crippen molar-refractivity contribution in [3.63, 3.8) is 0 Å². The zero-order valence-electron chi connectivity index (χ0n) is 9.84. The standard InChI is InChI=1S/C13H17NO3/c1-10-7-13(17,9-14(10)12(15)16)8-11-5-3-2-4-6-11/h2-6,10,17H,7-9H2,1H3,(H,15,16)/t10-,13?/m1/s1. The molecular weight excluding hydrogens is 218 g/mol. The molecule has 2 atom stereocenters. The molecular formula is C13H17NO3. The maximum Gasteiger partial charge on any atom is 0.407 e. The van der Waals surface area contributed by atoms with Crippen LogP contribution in [0.2, 0.25) is 0 Å². The molecule has 1 aliphatic heterocycles. The van der Waals surface area contributed by atoms with Crippen LogP contribution in [0.15, 0.2) is 30.3 Å². The number of carbonyl (C=O) groups is 1. The smallest absolute Gasteiger partial charge is 0.407 e. The van der Waals surface area contributed by atoms with Crippen molar-refractivity contribution in [2.24, 2.45) is 0 Å². The van der Waals surface area contributed by atoms with E-state index in [4.69, 9.17) is 5.11 Å². The third kappa shape index (κ3) is 2.58. The second-order valence-corrected chi connectivity index (χ2v) is 4.85. The van der Waals surface area contributed by atoms with Crippen molar-refractivity contribution in [2.45, 2.75) is 31.4 Å². The van der Waals surface area contributed by atoms with E-state index in [1.807, 2.05) is 37.3 Å². The molecule has 1 unspecified atom stereocenters. The van der Waals surface area contributed by atoms with Gasteiger partial charge in [0, 0.05) is 12.5 Å². The highest BCUT2D eigenvalue weighted by atomic mass is 16.4. The molecule has 1 heterocycles. The molecule has 0 spiro atoms. The molecule has 1 aromatic carbocycles. The van der Waals surface area contributed by atoms with Crippen molar-refractivity contribution in [2.75, 3.05) is 6.54 Å². The number of benzene rings is 1. The zero-order chi connectivity index (χ0) is 12.5. The number of rotatable bonds is 2. The van der Waals surface area contributed by atoms with Crippen LogP contribution >= 0.6 is 0 Å². The molecule has 0 bridgehead atoms. The highest BCUT2D eigenvalue weighted by Crippen LogP contribution is 2.30. The maximum atomic E-state index is 11.0. The molecule has 0 aliphatic carbocycles. The maximum absolute atomic E-state index is 11.0. The van der Waals surface area contributed by atoms with E-state index in [2.05, 4.69) is 0 Å². The van der Waals surface area contributed by atoms with E-state index in [9.17, 15) is 9.90 Å². The summed E-state index contributed by atoms with van der Waals surface area (Å²) in [7, 11) is 0. The molecule has 4 heteroatoms. The Morgan fingerprint density at radius 1 is 1.47 bits per heavy atom. The molecule has 0 radical (unpaired) electrons. The van der Waals surface area contributed by atoms with Gasteiger partial charge in [-0.2, -0.15) is 0 Å². The Labute approximate surface area is 100 Å². The van der Waals surface area contributed by atoms with Crippen LogP contribution in [0.3, 0.4) is 0 Å². The van der Waals surface area contributed by atoms with Crippen LogP contribution in [0.4, 0.5) is 4.79 Å². The Hall–Kier alpha value is -1.55. The molecule has 92 valence electrons. The van der Waals surface area contributed by atoms with Crippen molar-refractivity contribution >= 4 is 6.09 Å². The number of hydrogen-bond acceptors (Lipinski definition) is 2. The fourth-order valence-electron chi connectivity index (χ4n) is 2.56. The molecule has 1 amide bonds. The predicted octanol–water partition coefficient (Wildman–Crippen LogP) is 1.73. The number of likely N-dealkylation sites (tertiary alicyclic amines) is 1. The van der Waals surface area contributed by atoms with E-state index in [0.717, 1.165) is 5.56 Å². The second-order valence-electron chi connectivity index (χ2n) is 4.85. The first-order valence-electron chi connectivity index (χ1n) is 5.76. The Morgan fingerprint density at radius 3 is 2.65 bits per heavy atom. The average Bonchev–Trinajstić information content (AvgIpc) is 2.55. The number of hydrogen-bond donors (Lipinski definition) is 2. The van der Waals surface area contributed by atoms with Crippen LogP contribution in [0, 0.1) is 0 Å². The van der Waals surface area contributed by atoms with Gasteiger partial charge >= 0.3 is 6.09 Å². The highest BCUT2D eigenvalue weighted by Gasteiger charge is 2.42. The van der Waals surface area contributed by atoms with Gasteiger partial charge in [-0.1, -0.05) is 30.3 Å². The van der Waals surface area contributed by atoms with Crippen molar-refractivity contribution < 1.29 is 15.0 Å². The third-order valence-corrected chi connectivity index (χ3v) is 3.29. The van der Waals surface area contributed by atoms with Crippen molar-refractivity contribution in [1.82, 2.24) is 4.90 Å². The van der Waals surface area contributed by atoms with Gasteiger partial charge in [-0.05, 0) is 18.9 Å². The third-order valence-electron chi connectivity index (χ3n) is 3.29. The zero-order valence-corrected chi connectivity index (χ0v) is 9.84. The number of amides is 1. The number of aliphatic hydroxyl groups is 1. The molecule has 1 aliphatic rings. The number of nitrogens with zero attached hydrogens (tertiary/aromatic N) is 1. The van der Waals surface area contributed by atoms with Crippen molar-refractivity contribution in [1.29, 1.82) is 0 Å². The van der Waals surface area contributed by atoms with Gasteiger partial charge in [0.05, 0.1) is 12.1 Å². The summed E-state index contributed by atoms with van der Waals surface area (Å²) in [5.41, 5.74) is 0.105. The Balaban J connectivity index is 2.09. The SMILES string of the molecule is C[C@@H]1CC(O)(Cc2ccccc2)CN1C(=O)O. The Morgan fingerprint density at radius 2 is 2.12 bits per heavy atom. The van der Waals surface area contributed by atoms with Gasteiger partial charge in [0.15, 0.2) is 0 Å². The van der Waals surface area contributed by atoms with Crippen LogP contribution in [-0.4, -0.2) is 39.4 Å². The minimum Gasteiger partial charge on any atom is -0.465 e. The summed E-state index contributed by atoms with van der Waals surface area (Å²) in [6, 6.07) is 9.55.